The molecular weight excluding hydrogens is 546 g/mol. The molecule has 0 radical (unpaired) electrons. The molecule has 1 aromatic heterocycles. The molecule has 176 valence electrons. The second kappa shape index (κ2) is 8.88. The van der Waals surface area contributed by atoms with E-state index in [4.69, 9.17) is 33.4 Å². The highest BCUT2D eigenvalue weighted by Gasteiger charge is 2.56. The third-order valence-electron chi connectivity index (χ3n) is 5.84. The Labute approximate surface area is 220 Å². The second-order valence-electron chi connectivity index (χ2n) is 8.20. The molecule has 9 heteroatoms. The maximum absolute atomic E-state index is 17.5. The molecular formula is C25H20BrCl2FN2O3. The zero-order chi connectivity index (χ0) is 27.7. The van der Waals surface area contributed by atoms with Gasteiger partial charge in [-0.3, -0.25) is 14.7 Å². The van der Waals surface area contributed by atoms with Gasteiger partial charge in [0.2, 0.25) is 0 Å². The minimum Gasteiger partial charge on any atom is -0.396 e. The number of pyridine rings is 1. The number of aliphatic hydroxyl groups is 1. The first-order chi connectivity index (χ1) is 17.7. The zero-order valence-electron chi connectivity index (χ0n) is 21.5. The van der Waals surface area contributed by atoms with Crippen LogP contribution < -0.4 is 0 Å². The zero-order valence-corrected chi connectivity index (χ0v) is 20.6. The van der Waals surface area contributed by atoms with Gasteiger partial charge in [-0.2, -0.15) is 4.39 Å². The first-order valence-electron chi connectivity index (χ1n) is 12.3. The fourth-order valence-corrected chi connectivity index (χ4v) is 4.54. The van der Waals surface area contributed by atoms with Crippen molar-refractivity contribution in [3.05, 3.63) is 86.1 Å². The topological polar surface area (TPSA) is 62.7 Å². The normalized spacial score (nSPS) is 23.1. The van der Waals surface area contributed by atoms with Crippen LogP contribution >= 0.6 is 39.1 Å². The Bertz CT molecular complexity index is 1420. The molecule has 5 rings (SSSR count). The molecule has 1 unspecified atom stereocenters. The van der Waals surface area contributed by atoms with Crippen LogP contribution in [0, 0.1) is 5.41 Å². The van der Waals surface area contributed by atoms with E-state index in [-0.39, 0.29) is 35.2 Å². The predicted octanol–water partition coefficient (Wildman–Crippen LogP) is 6.34. The monoisotopic (exact) mass is 568 g/mol. The van der Waals surface area contributed by atoms with Crippen LogP contribution in [0.2, 0.25) is 10.0 Å². The van der Waals surface area contributed by atoms with Gasteiger partial charge in [0.25, 0.3) is 5.91 Å². The summed E-state index contributed by atoms with van der Waals surface area (Å²) in [6, 6.07) is 12.4. The molecule has 2 aliphatic rings. The molecule has 1 aliphatic carbocycles. The lowest BCUT2D eigenvalue weighted by Gasteiger charge is -2.33. The smallest absolute Gasteiger partial charge is 0.321 e. The minimum absolute atomic E-state index is 0.0755. The molecule has 5 nitrogen and oxygen atoms in total. The lowest BCUT2D eigenvalue weighted by Crippen LogP contribution is -2.43. The number of halogens is 4. The van der Waals surface area contributed by atoms with E-state index in [0.717, 1.165) is 0 Å². The summed E-state index contributed by atoms with van der Waals surface area (Å²) in [4.78, 5) is 18.5. The largest absolute Gasteiger partial charge is 0.396 e. The van der Waals surface area contributed by atoms with E-state index in [0.29, 0.717) is 25.0 Å². The average molecular weight is 570 g/mol. The van der Waals surface area contributed by atoms with E-state index in [1.807, 2.05) is 0 Å². The molecule has 0 bridgehead atoms. The summed E-state index contributed by atoms with van der Waals surface area (Å²) >= 11 is 15.3. The third kappa shape index (κ3) is 4.25. The van der Waals surface area contributed by atoms with Crippen LogP contribution in [0.3, 0.4) is 0 Å². The van der Waals surface area contributed by atoms with E-state index in [9.17, 15) is 9.90 Å². The number of fused-ring (bicyclic) bond motifs is 1. The Morgan fingerprint density at radius 2 is 1.82 bits per heavy atom. The standard InChI is InChI=1S/C25H20BrCl2FN2O3/c26-16-9-20(15-1-3-17(27)4-2-15)22-21(10-16)23(33)31(12-19-6-5-18(28)11-30-19)25(22,29)34-14-24(13-32)7-8-24/h1-6,9-11,32H,7-8,12-14H2/i13D2,14D2. The molecule has 1 amide bonds. The van der Waals surface area contributed by atoms with E-state index in [1.165, 1.54) is 24.4 Å². The van der Waals surface area contributed by atoms with Crippen LogP contribution in [-0.4, -0.2) is 34.0 Å². The van der Waals surface area contributed by atoms with Gasteiger partial charge in [0.15, 0.2) is 0 Å². The summed E-state index contributed by atoms with van der Waals surface area (Å²) in [5.41, 5.74) is -1.37. The van der Waals surface area contributed by atoms with Gasteiger partial charge < -0.3 is 9.84 Å². The quantitative estimate of drug-likeness (QED) is 0.337. The van der Waals surface area contributed by atoms with Gasteiger partial charge in [-0.25, -0.2) is 0 Å². The maximum atomic E-state index is 17.5. The first-order valence-corrected chi connectivity index (χ1v) is 11.9. The molecule has 2 aromatic carbocycles. The highest BCUT2D eigenvalue weighted by Crippen LogP contribution is 2.52. The molecule has 1 aliphatic heterocycles. The van der Waals surface area contributed by atoms with Crippen molar-refractivity contribution in [1.29, 1.82) is 0 Å². The van der Waals surface area contributed by atoms with Gasteiger partial charge in [0, 0.05) is 21.1 Å². The van der Waals surface area contributed by atoms with Crippen molar-refractivity contribution in [3.63, 3.8) is 0 Å². The van der Waals surface area contributed by atoms with Crippen LogP contribution in [0.1, 0.15) is 39.9 Å². The van der Waals surface area contributed by atoms with Crippen molar-refractivity contribution in [2.45, 2.75) is 25.4 Å². The van der Waals surface area contributed by atoms with E-state index in [1.54, 1.807) is 30.3 Å². The van der Waals surface area contributed by atoms with Crippen LogP contribution in [0.4, 0.5) is 4.39 Å². The Morgan fingerprint density at radius 3 is 2.44 bits per heavy atom. The van der Waals surface area contributed by atoms with E-state index >= 15 is 4.39 Å². The number of rotatable bonds is 7. The number of aromatic nitrogens is 1. The third-order valence-corrected chi connectivity index (χ3v) is 6.78. The van der Waals surface area contributed by atoms with Gasteiger partial charge in [0.1, 0.15) is 0 Å². The molecule has 1 saturated carbocycles. The van der Waals surface area contributed by atoms with Crippen LogP contribution in [-0.2, 0) is 17.3 Å². The molecule has 0 saturated heterocycles. The second-order valence-corrected chi connectivity index (χ2v) is 9.99. The molecule has 3 aromatic rings. The lowest BCUT2D eigenvalue weighted by molar-refractivity contribution is -0.242. The summed E-state index contributed by atoms with van der Waals surface area (Å²) in [5.74, 6) is -3.99. The summed E-state index contributed by atoms with van der Waals surface area (Å²) in [6.45, 7) is -6.43. The van der Waals surface area contributed by atoms with Gasteiger partial charge in [-0.15, -0.1) is 0 Å². The first kappa shape index (κ1) is 19.2. The number of alkyl halides is 1. The number of benzene rings is 2. The summed E-state index contributed by atoms with van der Waals surface area (Å²) in [6.07, 6.45) is 1.17. The number of carbonyl (C=O) groups is 1. The minimum atomic E-state index is -3.20. The summed E-state index contributed by atoms with van der Waals surface area (Å²) in [5, 5.41) is 10.9. The highest BCUT2D eigenvalue weighted by atomic mass is 79.9. The fraction of sp³-hybridized carbons (Fsp3) is 0.280. The van der Waals surface area contributed by atoms with Crippen molar-refractivity contribution < 1.29 is 24.5 Å². The van der Waals surface area contributed by atoms with Crippen molar-refractivity contribution in [3.8, 4) is 11.1 Å². The molecule has 1 N–H and O–H groups in total. The molecule has 1 atom stereocenters. The predicted molar refractivity (Wildman–Crippen MR) is 131 cm³/mol. The van der Waals surface area contributed by atoms with Crippen molar-refractivity contribution in [1.82, 2.24) is 9.88 Å². The number of nitrogens with zero attached hydrogens (tertiary/aromatic N) is 2. The van der Waals surface area contributed by atoms with Crippen LogP contribution in [0.25, 0.3) is 11.1 Å². The molecule has 0 spiro atoms. The van der Waals surface area contributed by atoms with E-state index in [2.05, 4.69) is 20.9 Å². The van der Waals surface area contributed by atoms with Crippen LogP contribution in [0.5, 0.6) is 0 Å². The van der Waals surface area contributed by atoms with Gasteiger partial charge >= 0.3 is 5.98 Å². The number of ether oxygens (including phenoxy) is 1. The Morgan fingerprint density at radius 1 is 1.15 bits per heavy atom. The lowest BCUT2D eigenvalue weighted by atomic mass is 9.95. The van der Waals surface area contributed by atoms with E-state index < -0.39 is 37.0 Å². The summed E-state index contributed by atoms with van der Waals surface area (Å²) < 4.78 is 56.3. The van der Waals surface area contributed by atoms with Crippen molar-refractivity contribution in [2.75, 3.05) is 13.1 Å². The number of carbonyl (C=O) groups excluding carboxylic acids is 1. The molecule has 2 heterocycles. The van der Waals surface area contributed by atoms with Gasteiger partial charge in [-0.05, 0) is 60.4 Å². The van der Waals surface area contributed by atoms with Crippen LogP contribution in [0.15, 0.2) is 59.2 Å². The van der Waals surface area contributed by atoms with Crippen molar-refractivity contribution >= 4 is 45.0 Å². The van der Waals surface area contributed by atoms with Crippen molar-refractivity contribution in [2.24, 2.45) is 5.41 Å². The highest BCUT2D eigenvalue weighted by molar-refractivity contribution is 9.10. The Balaban J connectivity index is 1.70. The maximum Gasteiger partial charge on any atom is 0.321 e. The average Bonchev–Trinajstić information content (AvgIpc) is 3.63. The SMILES string of the molecule is [2H]C([2H])(O)C1(C([2H])([2H])OC2(F)c3c(cc(Br)cc3-c3ccc(Cl)cc3)C(=O)N2Cc2ccc(Cl)cn2)CC1. The Hall–Kier alpha value is -2.03. The molecule has 1 fully saturated rings. The number of hydrogen-bond donors (Lipinski definition) is 1. The Kier molecular flexibility index (Phi) is 5.01. The number of hydrogen-bond acceptors (Lipinski definition) is 4. The number of amides is 1. The van der Waals surface area contributed by atoms with Gasteiger partial charge in [-0.1, -0.05) is 51.3 Å². The van der Waals surface area contributed by atoms with Gasteiger partial charge in [0.05, 0.1) is 47.0 Å². The summed E-state index contributed by atoms with van der Waals surface area (Å²) in [7, 11) is 0. The fourth-order valence-electron chi connectivity index (χ4n) is 3.84. The molecule has 34 heavy (non-hydrogen) atoms.